The molecule has 5 amide bonds. The Morgan fingerprint density at radius 3 is 2.12 bits per heavy atom. The van der Waals surface area contributed by atoms with Gasteiger partial charge in [0.1, 0.15) is 17.1 Å². The zero-order valence-corrected chi connectivity index (χ0v) is 18.4. The van der Waals surface area contributed by atoms with Crippen molar-refractivity contribution in [3.63, 3.8) is 0 Å². The van der Waals surface area contributed by atoms with E-state index in [1.165, 1.54) is 16.7 Å². The number of nitrogens with zero attached hydrogens (tertiary/aromatic N) is 3. The van der Waals surface area contributed by atoms with E-state index in [1.54, 1.807) is 6.92 Å². The van der Waals surface area contributed by atoms with Crippen LogP contribution in [0.15, 0.2) is 11.3 Å². The summed E-state index contributed by atoms with van der Waals surface area (Å²) in [6.45, 7) is 1.20. The Hall–Kier alpha value is -2.69. The highest BCUT2D eigenvalue weighted by Crippen LogP contribution is 2.47. The molecule has 32 heavy (non-hydrogen) atoms. The molecule has 3 unspecified atom stereocenters. The number of thioether (sulfide) groups is 1. The number of β-lactam (4-membered cyclic amide) rings is 1. The van der Waals surface area contributed by atoms with E-state index < -0.39 is 41.8 Å². The van der Waals surface area contributed by atoms with E-state index in [-0.39, 0.29) is 42.2 Å². The first kappa shape index (κ1) is 21.2. The van der Waals surface area contributed by atoms with Crippen molar-refractivity contribution in [2.75, 3.05) is 12.5 Å². The standard InChI is InChI=1S/C21H23N3O7S/c1-10-8-32-20-16(23-17(27)11-4-2-3-5-12(11)18(23)28)19(29)24(20)15(10)21(30)31-9-22-13(25)6-7-14(22)26/h11-12,16,20H,2-9H2,1H3/t11?,12?,16?,20-/m1/s1. The average molecular weight is 461 g/mol. The van der Waals surface area contributed by atoms with Crippen molar-refractivity contribution < 1.29 is 33.5 Å². The van der Waals surface area contributed by atoms with E-state index in [4.69, 9.17) is 4.74 Å². The predicted octanol–water partition coefficient (Wildman–Crippen LogP) is 0.369. The molecular weight excluding hydrogens is 438 g/mol. The molecule has 4 atom stereocenters. The number of amides is 5. The van der Waals surface area contributed by atoms with Gasteiger partial charge in [0.15, 0.2) is 6.73 Å². The van der Waals surface area contributed by atoms with Crippen LogP contribution < -0.4 is 0 Å². The van der Waals surface area contributed by atoms with Crippen LogP contribution in [0.25, 0.3) is 0 Å². The number of carbonyl (C=O) groups is 6. The number of hydrogen-bond acceptors (Lipinski definition) is 8. The molecule has 0 aromatic rings. The Kier molecular flexibility index (Phi) is 5.11. The molecule has 170 valence electrons. The fourth-order valence-corrected chi connectivity index (χ4v) is 6.60. The minimum Gasteiger partial charge on any atom is -0.439 e. The van der Waals surface area contributed by atoms with Crippen LogP contribution in [0.3, 0.4) is 0 Å². The number of imide groups is 2. The van der Waals surface area contributed by atoms with Crippen LogP contribution in [0.1, 0.15) is 45.4 Å². The molecule has 11 heteroatoms. The first-order valence-electron chi connectivity index (χ1n) is 10.8. The van der Waals surface area contributed by atoms with Crippen LogP contribution in [0.2, 0.25) is 0 Å². The summed E-state index contributed by atoms with van der Waals surface area (Å²) in [5, 5.41) is -0.545. The van der Waals surface area contributed by atoms with Crippen LogP contribution in [0, 0.1) is 11.8 Å². The summed E-state index contributed by atoms with van der Waals surface area (Å²) in [6.07, 6.45) is 3.30. The van der Waals surface area contributed by atoms with Gasteiger partial charge in [0.25, 0.3) is 5.91 Å². The summed E-state index contributed by atoms with van der Waals surface area (Å²) in [5.74, 6) is -2.91. The first-order valence-corrected chi connectivity index (χ1v) is 11.9. The van der Waals surface area contributed by atoms with E-state index in [0.29, 0.717) is 24.2 Å². The van der Waals surface area contributed by atoms with Crippen LogP contribution >= 0.6 is 11.8 Å². The molecule has 0 bridgehead atoms. The maximum atomic E-state index is 13.1. The molecular formula is C21H23N3O7S. The third kappa shape index (κ3) is 3.01. The van der Waals surface area contributed by atoms with Crippen LogP contribution in [-0.4, -0.2) is 74.1 Å². The Labute approximate surface area is 188 Å². The van der Waals surface area contributed by atoms with Crippen LogP contribution in [0.4, 0.5) is 0 Å². The van der Waals surface area contributed by atoms with Crippen molar-refractivity contribution in [2.45, 2.75) is 56.9 Å². The number of esters is 1. The topological polar surface area (TPSA) is 121 Å². The Balaban J connectivity index is 1.32. The van der Waals surface area contributed by atoms with Gasteiger partial charge in [-0.2, -0.15) is 0 Å². The third-order valence-corrected chi connectivity index (χ3v) is 8.37. The van der Waals surface area contributed by atoms with E-state index in [0.717, 1.165) is 22.6 Å². The van der Waals surface area contributed by atoms with Gasteiger partial charge >= 0.3 is 5.97 Å². The Morgan fingerprint density at radius 2 is 1.53 bits per heavy atom. The molecule has 0 aromatic heterocycles. The highest BCUT2D eigenvalue weighted by Gasteiger charge is 2.62. The summed E-state index contributed by atoms with van der Waals surface area (Å²) < 4.78 is 5.19. The van der Waals surface area contributed by atoms with E-state index in [9.17, 15) is 28.8 Å². The lowest BCUT2D eigenvalue weighted by atomic mass is 9.81. The Morgan fingerprint density at radius 1 is 0.938 bits per heavy atom. The second kappa shape index (κ2) is 7.72. The second-order valence-corrected chi connectivity index (χ2v) is 9.91. The van der Waals surface area contributed by atoms with Gasteiger partial charge in [0.05, 0.1) is 11.8 Å². The normalized spacial score (nSPS) is 32.4. The van der Waals surface area contributed by atoms with Crippen LogP contribution in [0.5, 0.6) is 0 Å². The van der Waals surface area contributed by atoms with Crippen molar-refractivity contribution >= 4 is 47.3 Å². The summed E-state index contributed by atoms with van der Waals surface area (Å²) in [5.41, 5.74) is 0.681. The monoisotopic (exact) mass is 461 g/mol. The van der Waals surface area contributed by atoms with Crippen molar-refractivity contribution in [2.24, 2.45) is 11.8 Å². The van der Waals surface area contributed by atoms with Gasteiger partial charge in [-0.15, -0.1) is 11.8 Å². The van der Waals surface area contributed by atoms with Gasteiger partial charge in [0.2, 0.25) is 23.6 Å². The van der Waals surface area contributed by atoms with Gasteiger partial charge in [-0.3, -0.25) is 33.8 Å². The fourth-order valence-electron chi connectivity index (χ4n) is 5.27. The smallest absolute Gasteiger partial charge is 0.356 e. The molecule has 4 heterocycles. The quantitative estimate of drug-likeness (QED) is 0.334. The molecule has 5 rings (SSSR count). The van der Waals surface area contributed by atoms with Gasteiger partial charge in [-0.25, -0.2) is 9.69 Å². The van der Waals surface area contributed by atoms with Gasteiger partial charge in [-0.1, -0.05) is 12.8 Å². The number of carbonyl (C=O) groups excluding carboxylic acids is 6. The second-order valence-electron chi connectivity index (χ2n) is 8.80. The molecule has 4 aliphatic heterocycles. The zero-order chi connectivity index (χ0) is 22.7. The third-order valence-electron chi connectivity index (χ3n) is 6.96. The van der Waals surface area contributed by atoms with Crippen molar-refractivity contribution in [1.29, 1.82) is 0 Å². The predicted molar refractivity (Wildman–Crippen MR) is 109 cm³/mol. The molecule has 0 aromatic carbocycles. The fraction of sp³-hybridized carbons (Fsp3) is 0.619. The maximum Gasteiger partial charge on any atom is 0.356 e. The van der Waals surface area contributed by atoms with E-state index in [2.05, 4.69) is 0 Å². The molecule has 0 radical (unpaired) electrons. The SMILES string of the molecule is CC1=C(C(=O)OCN2C(=O)CCC2=O)N2C(=O)C(N3C(=O)C4CCCCC4C3=O)[C@H]2SC1. The summed E-state index contributed by atoms with van der Waals surface area (Å²) in [4.78, 5) is 78.6. The highest BCUT2D eigenvalue weighted by molar-refractivity contribution is 8.00. The number of rotatable bonds is 4. The number of ether oxygens (including phenoxy) is 1. The zero-order valence-electron chi connectivity index (χ0n) is 17.6. The van der Waals surface area contributed by atoms with E-state index >= 15 is 0 Å². The van der Waals surface area contributed by atoms with E-state index in [1.807, 2.05) is 0 Å². The molecule has 0 N–H and O–H groups in total. The average Bonchev–Trinajstić information content (AvgIpc) is 3.23. The lowest BCUT2D eigenvalue weighted by Crippen LogP contribution is -2.71. The molecule has 0 spiro atoms. The van der Waals surface area contributed by atoms with Gasteiger partial charge in [0, 0.05) is 18.6 Å². The highest BCUT2D eigenvalue weighted by atomic mass is 32.2. The first-order chi connectivity index (χ1) is 15.3. The minimum atomic E-state index is -0.914. The molecule has 1 saturated carbocycles. The Bertz CT molecular complexity index is 952. The maximum absolute atomic E-state index is 13.1. The summed E-state index contributed by atoms with van der Waals surface area (Å²) in [7, 11) is 0. The number of hydrogen-bond donors (Lipinski definition) is 0. The van der Waals surface area contributed by atoms with Crippen molar-refractivity contribution in [1.82, 2.24) is 14.7 Å². The lowest BCUT2D eigenvalue weighted by molar-refractivity contribution is -0.165. The lowest BCUT2D eigenvalue weighted by Gasteiger charge is -2.51. The minimum absolute atomic E-state index is 0.0607. The van der Waals surface area contributed by atoms with Crippen molar-refractivity contribution in [3.8, 4) is 0 Å². The summed E-state index contributed by atoms with van der Waals surface area (Å²) in [6, 6.07) is -0.914. The number of fused-ring (bicyclic) bond motifs is 2. The largest absolute Gasteiger partial charge is 0.439 e. The molecule has 4 fully saturated rings. The molecule has 3 saturated heterocycles. The van der Waals surface area contributed by atoms with Gasteiger partial charge in [-0.05, 0) is 25.3 Å². The van der Waals surface area contributed by atoms with Gasteiger partial charge < -0.3 is 4.74 Å². The summed E-state index contributed by atoms with van der Waals surface area (Å²) >= 11 is 1.40. The molecule has 1 aliphatic carbocycles. The van der Waals surface area contributed by atoms with Crippen molar-refractivity contribution in [3.05, 3.63) is 11.3 Å². The molecule has 5 aliphatic rings. The number of likely N-dealkylation sites (tertiary alicyclic amines) is 2. The van der Waals surface area contributed by atoms with Crippen LogP contribution in [-0.2, 0) is 33.5 Å². The molecule has 10 nitrogen and oxygen atoms in total.